The van der Waals surface area contributed by atoms with Crippen molar-refractivity contribution >= 4 is 5.91 Å². The topological polar surface area (TPSA) is 23.6 Å². The van der Waals surface area contributed by atoms with Crippen LogP contribution in [0.25, 0.3) is 0 Å². The van der Waals surface area contributed by atoms with Crippen LogP contribution in [0.3, 0.4) is 0 Å². The van der Waals surface area contributed by atoms with Crippen LogP contribution in [-0.2, 0) is 12.8 Å². The van der Waals surface area contributed by atoms with Crippen molar-refractivity contribution in [1.29, 1.82) is 0 Å². The zero-order chi connectivity index (χ0) is 16.8. The standard InChI is InChI=1S/C21H26N2O/c1-2-18-8-10-20(11-9-18)21(24)23-16-14-22(15-17-23)13-12-19-6-4-3-5-7-19/h3-11H,2,12-17H2,1H3. The first kappa shape index (κ1) is 16.7. The molecule has 0 bridgehead atoms. The molecule has 24 heavy (non-hydrogen) atoms. The Hall–Kier alpha value is -2.13. The highest BCUT2D eigenvalue weighted by Crippen LogP contribution is 2.11. The van der Waals surface area contributed by atoms with Crippen LogP contribution in [0, 0.1) is 0 Å². The minimum absolute atomic E-state index is 0.167. The van der Waals surface area contributed by atoms with E-state index in [1.54, 1.807) is 0 Å². The van der Waals surface area contributed by atoms with Gasteiger partial charge in [-0.25, -0.2) is 0 Å². The number of nitrogens with zero attached hydrogens (tertiary/aromatic N) is 2. The highest BCUT2D eigenvalue weighted by Gasteiger charge is 2.21. The summed E-state index contributed by atoms with van der Waals surface area (Å²) in [4.78, 5) is 17.0. The molecule has 1 saturated heterocycles. The summed E-state index contributed by atoms with van der Waals surface area (Å²) < 4.78 is 0. The molecule has 0 spiro atoms. The summed E-state index contributed by atoms with van der Waals surface area (Å²) in [6.07, 6.45) is 2.09. The van der Waals surface area contributed by atoms with E-state index in [0.717, 1.165) is 51.1 Å². The predicted molar refractivity (Wildman–Crippen MR) is 98.3 cm³/mol. The van der Waals surface area contributed by atoms with Gasteiger partial charge in [0.2, 0.25) is 0 Å². The maximum atomic E-state index is 12.6. The molecule has 3 heteroatoms. The van der Waals surface area contributed by atoms with Crippen LogP contribution in [0.4, 0.5) is 0 Å². The zero-order valence-electron chi connectivity index (χ0n) is 14.4. The van der Waals surface area contributed by atoms with E-state index in [2.05, 4.69) is 54.3 Å². The van der Waals surface area contributed by atoms with Gasteiger partial charge in [0.25, 0.3) is 5.91 Å². The second kappa shape index (κ2) is 8.11. The Morgan fingerprint density at radius 1 is 0.875 bits per heavy atom. The lowest BCUT2D eigenvalue weighted by atomic mass is 10.1. The Bertz CT molecular complexity index is 643. The van der Waals surface area contributed by atoms with Crippen LogP contribution < -0.4 is 0 Å². The highest BCUT2D eigenvalue weighted by atomic mass is 16.2. The smallest absolute Gasteiger partial charge is 0.253 e. The van der Waals surface area contributed by atoms with Gasteiger partial charge in [-0.15, -0.1) is 0 Å². The molecule has 2 aromatic carbocycles. The summed E-state index contributed by atoms with van der Waals surface area (Å²) in [7, 11) is 0. The number of amides is 1. The molecule has 0 N–H and O–H groups in total. The first-order valence-corrected chi connectivity index (χ1v) is 8.91. The number of benzene rings is 2. The maximum Gasteiger partial charge on any atom is 0.253 e. The van der Waals surface area contributed by atoms with Crippen molar-refractivity contribution in [3.8, 4) is 0 Å². The monoisotopic (exact) mass is 322 g/mol. The molecule has 0 unspecified atom stereocenters. The van der Waals surface area contributed by atoms with E-state index in [0.29, 0.717) is 0 Å². The fraction of sp³-hybridized carbons (Fsp3) is 0.381. The molecule has 0 aromatic heterocycles. The van der Waals surface area contributed by atoms with Crippen LogP contribution in [-0.4, -0.2) is 48.4 Å². The lowest BCUT2D eigenvalue weighted by molar-refractivity contribution is 0.0638. The number of rotatable bonds is 5. The Morgan fingerprint density at radius 3 is 2.17 bits per heavy atom. The summed E-state index contributed by atoms with van der Waals surface area (Å²) >= 11 is 0. The molecule has 3 rings (SSSR count). The lowest BCUT2D eigenvalue weighted by Gasteiger charge is -2.34. The SMILES string of the molecule is CCc1ccc(C(=O)N2CCN(CCc3ccccc3)CC2)cc1. The van der Waals surface area contributed by atoms with Gasteiger partial charge in [0.15, 0.2) is 0 Å². The largest absolute Gasteiger partial charge is 0.336 e. The highest BCUT2D eigenvalue weighted by molar-refractivity contribution is 5.94. The van der Waals surface area contributed by atoms with Gasteiger partial charge in [0.1, 0.15) is 0 Å². The Kier molecular flexibility index (Phi) is 5.65. The third-order valence-corrected chi connectivity index (χ3v) is 4.83. The predicted octanol–water partition coefficient (Wildman–Crippen LogP) is 3.25. The lowest BCUT2D eigenvalue weighted by Crippen LogP contribution is -2.49. The van der Waals surface area contributed by atoms with Crippen molar-refractivity contribution in [2.24, 2.45) is 0 Å². The third kappa shape index (κ3) is 4.24. The van der Waals surface area contributed by atoms with Gasteiger partial charge in [-0.1, -0.05) is 49.4 Å². The first-order chi connectivity index (χ1) is 11.8. The second-order valence-electron chi connectivity index (χ2n) is 6.42. The van der Waals surface area contributed by atoms with Gasteiger partial charge in [0.05, 0.1) is 0 Å². The van der Waals surface area contributed by atoms with Gasteiger partial charge in [-0.3, -0.25) is 9.69 Å². The average molecular weight is 322 g/mol. The normalized spacial score (nSPS) is 15.5. The summed E-state index contributed by atoms with van der Waals surface area (Å²) in [6.45, 7) is 6.77. The van der Waals surface area contributed by atoms with Gasteiger partial charge in [-0.2, -0.15) is 0 Å². The molecule has 0 atom stereocenters. The summed E-state index contributed by atoms with van der Waals surface area (Å²) in [6, 6.07) is 18.6. The number of carbonyl (C=O) groups is 1. The van der Waals surface area contributed by atoms with E-state index < -0.39 is 0 Å². The van der Waals surface area contributed by atoms with Crippen molar-refractivity contribution in [2.45, 2.75) is 19.8 Å². The molecule has 2 aromatic rings. The van der Waals surface area contributed by atoms with E-state index in [1.807, 2.05) is 17.0 Å². The zero-order valence-corrected chi connectivity index (χ0v) is 14.4. The van der Waals surface area contributed by atoms with E-state index >= 15 is 0 Å². The molecule has 1 aliphatic heterocycles. The average Bonchev–Trinajstić information content (AvgIpc) is 2.67. The van der Waals surface area contributed by atoms with Crippen LogP contribution >= 0.6 is 0 Å². The van der Waals surface area contributed by atoms with Gasteiger partial charge < -0.3 is 4.90 Å². The van der Waals surface area contributed by atoms with Crippen molar-refractivity contribution in [3.63, 3.8) is 0 Å². The summed E-state index contributed by atoms with van der Waals surface area (Å²) in [5.74, 6) is 0.167. The molecule has 1 aliphatic rings. The minimum atomic E-state index is 0.167. The van der Waals surface area contributed by atoms with Crippen molar-refractivity contribution in [2.75, 3.05) is 32.7 Å². The van der Waals surface area contributed by atoms with Crippen LogP contribution in [0.15, 0.2) is 54.6 Å². The van der Waals surface area contributed by atoms with Crippen molar-refractivity contribution in [1.82, 2.24) is 9.80 Å². The molecule has 0 saturated carbocycles. The fourth-order valence-corrected chi connectivity index (χ4v) is 3.17. The Morgan fingerprint density at radius 2 is 1.54 bits per heavy atom. The van der Waals surface area contributed by atoms with Crippen LogP contribution in [0.2, 0.25) is 0 Å². The number of piperazine rings is 1. The number of aryl methyl sites for hydroxylation is 1. The molecule has 126 valence electrons. The molecular formula is C21H26N2O. The second-order valence-corrected chi connectivity index (χ2v) is 6.42. The molecule has 3 nitrogen and oxygen atoms in total. The molecule has 1 heterocycles. The van der Waals surface area contributed by atoms with Gasteiger partial charge >= 0.3 is 0 Å². The first-order valence-electron chi connectivity index (χ1n) is 8.91. The Balaban J connectivity index is 1.48. The summed E-state index contributed by atoms with van der Waals surface area (Å²) in [5, 5.41) is 0. The van der Waals surface area contributed by atoms with E-state index in [9.17, 15) is 4.79 Å². The van der Waals surface area contributed by atoms with Crippen molar-refractivity contribution < 1.29 is 4.79 Å². The number of hydrogen-bond acceptors (Lipinski definition) is 2. The third-order valence-electron chi connectivity index (χ3n) is 4.83. The van der Waals surface area contributed by atoms with Crippen LogP contribution in [0.1, 0.15) is 28.4 Å². The van der Waals surface area contributed by atoms with Gasteiger partial charge in [-0.05, 0) is 36.1 Å². The Labute approximate surface area is 144 Å². The molecule has 0 aliphatic carbocycles. The molecule has 0 radical (unpaired) electrons. The summed E-state index contributed by atoms with van der Waals surface area (Å²) in [5.41, 5.74) is 3.47. The molecular weight excluding hydrogens is 296 g/mol. The quantitative estimate of drug-likeness (QED) is 0.843. The number of hydrogen-bond donors (Lipinski definition) is 0. The van der Waals surface area contributed by atoms with Gasteiger partial charge in [0, 0.05) is 38.3 Å². The minimum Gasteiger partial charge on any atom is -0.336 e. The van der Waals surface area contributed by atoms with Crippen molar-refractivity contribution in [3.05, 3.63) is 71.3 Å². The van der Waals surface area contributed by atoms with E-state index in [1.165, 1.54) is 11.1 Å². The fourth-order valence-electron chi connectivity index (χ4n) is 3.17. The molecule has 1 fully saturated rings. The van der Waals surface area contributed by atoms with E-state index in [4.69, 9.17) is 0 Å². The van der Waals surface area contributed by atoms with Crippen LogP contribution in [0.5, 0.6) is 0 Å². The number of carbonyl (C=O) groups excluding carboxylic acids is 1. The molecule has 1 amide bonds. The van der Waals surface area contributed by atoms with E-state index in [-0.39, 0.29) is 5.91 Å². The maximum absolute atomic E-state index is 12.6.